The molecule has 17 heavy (non-hydrogen) atoms. The molecule has 0 aliphatic heterocycles. The van der Waals surface area contributed by atoms with Gasteiger partial charge in [0.1, 0.15) is 6.33 Å². The van der Waals surface area contributed by atoms with Gasteiger partial charge in [-0.25, -0.2) is 0 Å². The Balaban J connectivity index is 2.48. The summed E-state index contributed by atoms with van der Waals surface area (Å²) in [4.78, 5) is 0. The number of nitrogens with zero attached hydrogens (tertiary/aromatic N) is 3. The van der Waals surface area contributed by atoms with Crippen molar-refractivity contribution in [3.05, 3.63) is 54.9 Å². The van der Waals surface area contributed by atoms with Gasteiger partial charge in [-0.2, -0.15) is 0 Å². The fourth-order valence-electron chi connectivity index (χ4n) is 2.42. The summed E-state index contributed by atoms with van der Waals surface area (Å²) in [6.45, 7) is 0. The Morgan fingerprint density at radius 3 is 2.35 bits per heavy atom. The van der Waals surface area contributed by atoms with E-state index in [9.17, 15) is 0 Å². The third-order valence-electron chi connectivity index (χ3n) is 3.17. The van der Waals surface area contributed by atoms with E-state index in [2.05, 4.69) is 46.6 Å². The van der Waals surface area contributed by atoms with E-state index in [1.54, 1.807) is 6.33 Å². The molecular formula is C14H9N3. The van der Waals surface area contributed by atoms with Crippen molar-refractivity contribution in [3.8, 4) is 0 Å². The molecule has 0 amide bonds. The quantitative estimate of drug-likeness (QED) is 0.425. The number of rotatable bonds is 0. The molecule has 2 aromatic heterocycles. The highest BCUT2D eigenvalue weighted by Crippen LogP contribution is 2.27. The van der Waals surface area contributed by atoms with Gasteiger partial charge in [-0.1, -0.05) is 42.5 Å². The molecule has 3 heteroatoms. The van der Waals surface area contributed by atoms with Crippen LogP contribution in [0.25, 0.3) is 27.3 Å². The van der Waals surface area contributed by atoms with Crippen LogP contribution in [0.5, 0.6) is 0 Å². The molecule has 0 fully saturated rings. The molecule has 0 aliphatic rings. The minimum Gasteiger partial charge on any atom is -0.281 e. The first-order chi connectivity index (χ1) is 8.45. The zero-order chi connectivity index (χ0) is 11.2. The van der Waals surface area contributed by atoms with Crippen LogP contribution >= 0.6 is 0 Å². The maximum Gasteiger partial charge on any atom is 0.168 e. The van der Waals surface area contributed by atoms with Crippen LogP contribution in [0.2, 0.25) is 0 Å². The molecule has 0 saturated carbocycles. The summed E-state index contributed by atoms with van der Waals surface area (Å²) >= 11 is 0. The fraction of sp³-hybridized carbons (Fsp3) is 0. The van der Waals surface area contributed by atoms with Crippen molar-refractivity contribution >= 4 is 27.3 Å². The van der Waals surface area contributed by atoms with E-state index in [1.165, 1.54) is 10.8 Å². The van der Waals surface area contributed by atoms with Gasteiger partial charge in [0.05, 0.1) is 5.52 Å². The monoisotopic (exact) mass is 219 g/mol. The van der Waals surface area contributed by atoms with Crippen LogP contribution in [-0.2, 0) is 0 Å². The summed E-state index contributed by atoms with van der Waals surface area (Å²) in [6, 6.07) is 16.6. The number of fused-ring (bicyclic) bond motifs is 6. The lowest BCUT2D eigenvalue weighted by atomic mass is 10.1. The number of para-hydroxylation sites is 1. The van der Waals surface area contributed by atoms with E-state index in [-0.39, 0.29) is 0 Å². The van der Waals surface area contributed by atoms with Crippen molar-refractivity contribution in [1.82, 2.24) is 14.6 Å². The third kappa shape index (κ3) is 1.05. The first kappa shape index (κ1) is 8.70. The highest BCUT2D eigenvalue weighted by molar-refractivity contribution is 6.11. The SMILES string of the molecule is c1ccc2c(c1)c1ccccc1n1cnnc21. The van der Waals surface area contributed by atoms with Crippen LogP contribution in [0.15, 0.2) is 54.9 Å². The van der Waals surface area contributed by atoms with Gasteiger partial charge in [-0.05, 0) is 11.5 Å². The Morgan fingerprint density at radius 2 is 1.47 bits per heavy atom. The lowest BCUT2D eigenvalue weighted by molar-refractivity contribution is 1.11. The number of benzene rings is 2. The maximum absolute atomic E-state index is 4.21. The molecule has 0 saturated heterocycles. The lowest BCUT2D eigenvalue weighted by Gasteiger charge is -2.06. The van der Waals surface area contributed by atoms with Gasteiger partial charge < -0.3 is 0 Å². The van der Waals surface area contributed by atoms with Crippen molar-refractivity contribution in [2.75, 3.05) is 0 Å². The molecule has 0 spiro atoms. The predicted octanol–water partition coefficient (Wildman–Crippen LogP) is 3.04. The molecule has 0 atom stereocenters. The summed E-state index contributed by atoms with van der Waals surface area (Å²) in [5, 5.41) is 11.8. The Hall–Kier alpha value is -2.42. The second kappa shape index (κ2) is 3.04. The van der Waals surface area contributed by atoms with E-state index in [4.69, 9.17) is 0 Å². The van der Waals surface area contributed by atoms with Crippen molar-refractivity contribution < 1.29 is 0 Å². The first-order valence-electron chi connectivity index (χ1n) is 5.54. The van der Waals surface area contributed by atoms with E-state index in [1.807, 2.05) is 16.5 Å². The zero-order valence-electron chi connectivity index (χ0n) is 9.04. The van der Waals surface area contributed by atoms with Gasteiger partial charge >= 0.3 is 0 Å². The average molecular weight is 219 g/mol. The summed E-state index contributed by atoms with van der Waals surface area (Å²) in [5.74, 6) is 0. The second-order valence-electron chi connectivity index (χ2n) is 4.09. The van der Waals surface area contributed by atoms with Crippen LogP contribution in [0.3, 0.4) is 0 Å². The molecule has 2 heterocycles. The highest BCUT2D eigenvalue weighted by atomic mass is 15.2. The third-order valence-corrected chi connectivity index (χ3v) is 3.17. The molecule has 0 unspecified atom stereocenters. The second-order valence-corrected chi connectivity index (χ2v) is 4.09. The molecule has 2 aromatic carbocycles. The number of pyridine rings is 1. The molecule has 3 nitrogen and oxygen atoms in total. The zero-order valence-corrected chi connectivity index (χ0v) is 9.04. The van der Waals surface area contributed by atoms with Gasteiger partial charge in [0.15, 0.2) is 5.65 Å². The first-order valence-corrected chi connectivity index (χ1v) is 5.54. The molecule has 80 valence electrons. The molecule has 4 aromatic rings. The Kier molecular flexibility index (Phi) is 1.56. The van der Waals surface area contributed by atoms with Crippen molar-refractivity contribution in [2.24, 2.45) is 0 Å². The summed E-state index contributed by atoms with van der Waals surface area (Å²) in [7, 11) is 0. The number of hydrogen-bond donors (Lipinski definition) is 0. The largest absolute Gasteiger partial charge is 0.281 e. The summed E-state index contributed by atoms with van der Waals surface area (Å²) in [5.41, 5.74) is 2.06. The van der Waals surface area contributed by atoms with E-state index >= 15 is 0 Å². The Morgan fingerprint density at radius 1 is 0.765 bits per heavy atom. The smallest absolute Gasteiger partial charge is 0.168 e. The van der Waals surface area contributed by atoms with Crippen molar-refractivity contribution in [3.63, 3.8) is 0 Å². The molecule has 0 radical (unpaired) electrons. The number of hydrogen-bond acceptors (Lipinski definition) is 2. The van der Waals surface area contributed by atoms with Crippen molar-refractivity contribution in [1.29, 1.82) is 0 Å². The van der Waals surface area contributed by atoms with E-state index < -0.39 is 0 Å². The highest BCUT2D eigenvalue weighted by Gasteiger charge is 2.07. The Bertz CT molecular complexity index is 776. The van der Waals surface area contributed by atoms with Gasteiger partial charge in [-0.15, -0.1) is 10.2 Å². The minimum atomic E-state index is 0.916. The normalized spacial score (nSPS) is 11.5. The predicted molar refractivity (Wildman–Crippen MR) is 68.0 cm³/mol. The van der Waals surface area contributed by atoms with Crippen LogP contribution in [-0.4, -0.2) is 14.6 Å². The van der Waals surface area contributed by atoms with Crippen LogP contribution < -0.4 is 0 Å². The molecular weight excluding hydrogens is 210 g/mol. The summed E-state index contributed by atoms with van der Waals surface area (Å²) < 4.78 is 2.04. The van der Waals surface area contributed by atoms with Gasteiger partial charge in [-0.3, -0.25) is 4.40 Å². The minimum absolute atomic E-state index is 0.916. The van der Waals surface area contributed by atoms with Crippen LogP contribution in [0.1, 0.15) is 0 Å². The van der Waals surface area contributed by atoms with Gasteiger partial charge in [0, 0.05) is 10.8 Å². The molecule has 0 bridgehead atoms. The fourth-order valence-corrected chi connectivity index (χ4v) is 2.42. The molecule has 4 rings (SSSR count). The standard InChI is InChI=1S/C14H9N3/c1-2-7-12-10(5-1)11-6-3-4-8-13(11)17-9-15-16-14(12)17/h1-9H. The van der Waals surface area contributed by atoms with E-state index in [0.29, 0.717) is 0 Å². The number of aromatic nitrogens is 3. The van der Waals surface area contributed by atoms with Crippen LogP contribution in [0.4, 0.5) is 0 Å². The molecule has 0 N–H and O–H groups in total. The van der Waals surface area contributed by atoms with Crippen LogP contribution in [0, 0.1) is 0 Å². The average Bonchev–Trinajstić information content (AvgIpc) is 2.89. The van der Waals surface area contributed by atoms with Crippen molar-refractivity contribution in [2.45, 2.75) is 0 Å². The lowest BCUT2D eigenvalue weighted by Crippen LogP contribution is -1.89. The van der Waals surface area contributed by atoms with Gasteiger partial charge in [0.2, 0.25) is 0 Å². The topological polar surface area (TPSA) is 30.2 Å². The molecule has 0 aliphatic carbocycles. The summed E-state index contributed by atoms with van der Waals surface area (Å²) in [6.07, 6.45) is 1.77. The van der Waals surface area contributed by atoms with Gasteiger partial charge in [0.25, 0.3) is 0 Å². The Labute approximate surface area is 97.3 Å². The van der Waals surface area contributed by atoms with E-state index in [0.717, 1.165) is 16.6 Å². The maximum atomic E-state index is 4.21.